The predicted molar refractivity (Wildman–Crippen MR) is 134 cm³/mol. The number of ketones is 1. The molecule has 9 nitrogen and oxygen atoms in total. The van der Waals surface area contributed by atoms with Gasteiger partial charge in [0.15, 0.2) is 0 Å². The Morgan fingerprint density at radius 1 is 0.886 bits per heavy atom. The lowest BCUT2D eigenvalue weighted by Gasteiger charge is -2.33. The van der Waals surface area contributed by atoms with E-state index in [-0.39, 0.29) is 30.8 Å². The van der Waals surface area contributed by atoms with E-state index < -0.39 is 29.7 Å². The molecule has 0 spiro atoms. The number of nitrogens with one attached hydrogen (secondary N) is 3. The minimum Gasteiger partial charge on any atom is -0.347 e. The maximum absolute atomic E-state index is 13.2. The standard InChI is InChI=1S/C26H40N4O5/c1-17(2)12-13-30(23(32)16-27-20(6)31)22(14-18(3)4)25(34)29-19(5)24(33)26(35)28-15-21-10-8-7-9-11-21/h7-11,17-19,22H,12-16H2,1-6H3,(H,27,31)(H,28,35)(H,29,34). The van der Waals surface area contributed by atoms with Gasteiger partial charge in [0.05, 0.1) is 12.6 Å². The molecular formula is C26H40N4O5. The molecule has 9 heteroatoms. The Morgan fingerprint density at radius 2 is 1.51 bits per heavy atom. The second-order valence-electron chi connectivity index (χ2n) is 9.59. The fourth-order valence-electron chi connectivity index (χ4n) is 3.41. The van der Waals surface area contributed by atoms with Crippen LogP contribution in [0.15, 0.2) is 30.3 Å². The highest BCUT2D eigenvalue weighted by Gasteiger charge is 2.33. The Kier molecular flexibility index (Phi) is 12.7. The summed E-state index contributed by atoms with van der Waals surface area (Å²) in [7, 11) is 0. The van der Waals surface area contributed by atoms with Crippen LogP contribution in [0, 0.1) is 11.8 Å². The summed E-state index contributed by atoms with van der Waals surface area (Å²) >= 11 is 0. The molecule has 0 aliphatic carbocycles. The number of carbonyl (C=O) groups is 5. The molecule has 2 atom stereocenters. The molecule has 35 heavy (non-hydrogen) atoms. The Bertz CT molecular complexity index is 870. The summed E-state index contributed by atoms with van der Waals surface area (Å²) in [5.41, 5.74) is 0.848. The van der Waals surface area contributed by atoms with Crippen LogP contribution in [-0.4, -0.2) is 59.5 Å². The quantitative estimate of drug-likeness (QED) is 0.345. The van der Waals surface area contributed by atoms with E-state index >= 15 is 0 Å². The SMILES string of the molecule is CC(=O)NCC(=O)N(CCC(C)C)C(CC(C)C)C(=O)NC(C)C(=O)C(=O)NCc1ccccc1. The molecule has 0 aliphatic heterocycles. The molecule has 0 fully saturated rings. The molecule has 1 rings (SSSR count). The van der Waals surface area contributed by atoms with Crippen LogP contribution in [-0.2, 0) is 30.5 Å². The molecule has 0 radical (unpaired) electrons. The Hall–Kier alpha value is -3.23. The van der Waals surface area contributed by atoms with Crippen LogP contribution in [0.1, 0.15) is 59.9 Å². The van der Waals surface area contributed by atoms with Crippen molar-refractivity contribution < 1.29 is 24.0 Å². The van der Waals surface area contributed by atoms with Gasteiger partial charge < -0.3 is 20.9 Å². The molecule has 0 saturated carbocycles. The number of carbonyl (C=O) groups excluding carboxylic acids is 5. The first kappa shape index (κ1) is 29.8. The molecule has 194 valence electrons. The van der Waals surface area contributed by atoms with E-state index in [0.29, 0.717) is 25.3 Å². The third-order valence-electron chi connectivity index (χ3n) is 5.40. The number of rotatable bonds is 14. The van der Waals surface area contributed by atoms with Crippen molar-refractivity contribution in [3.63, 3.8) is 0 Å². The van der Waals surface area contributed by atoms with Gasteiger partial charge >= 0.3 is 0 Å². The zero-order valence-electron chi connectivity index (χ0n) is 21.7. The Labute approximate surface area is 208 Å². The monoisotopic (exact) mass is 488 g/mol. The Morgan fingerprint density at radius 3 is 2.06 bits per heavy atom. The van der Waals surface area contributed by atoms with Gasteiger partial charge in [-0.05, 0) is 37.2 Å². The topological polar surface area (TPSA) is 125 Å². The maximum atomic E-state index is 13.2. The Balaban J connectivity index is 2.93. The van der Waals surface area contributed by atoms with Crippen molar-refractivity contribution in [3.05, 3.63) is 35.9 Å². The number of nitrogens with zero attached hydrogens (tertiary/aromatic N) is 1. The van der Waals surface area contributed by atoms with Crippen molar-refractivity contribution in [2.24, 2.45) is 11.8 Å². The third kappa shape index (κ3) is 11.2. The highest BCUT2D eigenvalue weighted by molar-refractivity contribution is 6.38. The summed E-state index contributed by atoms with van der Waals surface area (Å²) in [5.74, 6) is -2.40. The summed E-state index contributed by atoms with van der Waals surface area (Å²) in [6.07, 6.45) is 1.04. The van der Waals surface area contributed by atoms with Gasteiger partial charge in [0, 0.05) is 20.0 Å². The first-order valence-corrected chi connectivity index (χ1v) is 12.1. The fraction of sp³-hybridized carbons (Fsp3) is 0.577. The van der Waals surface area contributed by atoms with Crippen LogP contribution in [0.4, 0.5) is 0 Å². The molecule has 0 aliphatic rings. The highest BCUT2D eigenvalue weighted by Crippen LogP contribution is 2.15. The van der Waals surface area contributed by atoms with Crippen LogP contribution >= 0.6 is 0 Å². The van der Waals surface area contributed by atoms with E-state index in [9.17, 15) is 24.0 Å². The zero-order chi connectivity index (χ0) is 26.5. The van der Waals surface area contributed by atoms with E-state index in [4.69, 9.17) is 0 Å². The van der Waals surface area contributed by atoms with Crippen LogP contribution in [0.5, 0.6) is 0 Å². The summed E-state index contributed by atoms with van der Waals surface area (Å²) < 4.78 is 0. The lowest BCUT2D eigenvalue weighted by molar-refractivity contribution is -0.143. The minimum absolute atomic E-state index is 0.0843. The molecule has 0 bridgehead atoms. The molecule has 4 amide bonds. The largest absolute Gasteiger partial charge is 0.347 e. The summed E-state index contributed by atoms with van der Waals surface area (Å²) in [6, 6.07) is 7.28. The first-order valence-electron chi connectivity index (χ1n) is 12.1. The van der Waals surface area contributed by atoms with Crippen molar-refractivity contribution in [1.82, 2.24) is 20.9 Å². The van der Waals surface area contributed by atoms with Crippen molar-refractivity contribution in [1.29, 1.82) is 0 Å². The number of benzene rings is 1. The van der Waals surface area contributed by atoms with Gasteiger partial charge in [-0.3, -0.25) is 24.0 Å². The van der Waals surface area contributed by atoms with Crippen molar-refractivity contribution in [2.75, 3.05) is 13.1 Å². The van der Waals surface area contributed by atoms with Crippen molar-refractivity contribution in [2.45, 2.75) is 73.0 Å². The van der Waals surface area contributed by atoms with Gasteiger partial charge in [-0.2, -0.15) is 0 Å². The first-order chi connectivity index (χ1) is 16.4. The summed E-state index contributed by atoms with van der Waals surface area (Å²) in [6.45, 7) is 11.0. The van der Waals surface area contributed by atoms with E-state index in [1.54, 1.807) is 0 Å². The predicted octanol–water partition coefficient (Wildman–Crippen LogP) is 1.80. The molecule has 0 aromatic heterocycles. The average molecular weight is 489 g/mol. The van der Waals surface area contributed by atoms with E-state index in [2.05, 4.69) is 16.0 Å². The lowest BCUT2D eigenvalue weighted by atomic mass is 9.99. The average Bonchev–Trinajstić information content (AvgIpc) is 2.80. The van der Waals surface area contributed by atoms with Gasteiger partial charge in [0.2, 0.25) is 23.5 Å². The fourth-order valence-corrected chi connectivity index (χ4v) is 3.41. The summed E-state index contributed by atoms with van der Waals surface area (Å²) in [4.78, 5) is 63.9. The van der Waals surface area contributed by atoms with Crippen LogP contribution < -0.4 is 16.0 Å². The minimum atomic E-state index is -1.06. The number of Topliss-reactive ketones (excluding diaryl/α,β-unsaturated/α-hetero) is 1. The van der Waals surface area contributed by atoms with Gasteiger partial charge in [-0.1, -0.05) is 58.0 Å². The summed E-state index contributed by atoms with van der Waals surface area (Å²) in [5, 5.41) is 7.69. The van der Waals surface area contributed by atoms with Gasteiger partial charge in [0.25, 0.3) is 5.91 Å². The highest BCUT2D eigenvalue weighted by atomic mass is 16.2. The van der Waals surface area contributed by atoms with E-state index in [1.807, 2.05) is 58.0 Å². The van der Waals surface area contributed by atoms with E-state index in [1.165, 1.54) is 18.7 Å². The maximum Gasteiger partial charge on any atom is 0.289 e. The third-order valence-corrected chi connectivity index (χ3v) is 5.40. The van der Waals surface area contributed by atoms with E-state index in [0.717, 1.165) is 5.56 Å². The van der Waals surface area contributed by atoms with Crippen molar-refractivity contribution >= 4 is 29.4 Å². The van der Waals surface area contributed by atoms with Crippen LogP contribution in [0.2, 0.25) is 0 Å². The van der Waals surface area contributed by atoms with Crippen LogP contribution in [0.3, 0.4) is 0 Å². The number of hydrogen-bond donors (Lipinski definition) is 3. The second kappa shape index (κ2) is 14.9. The molecule has 0 saturated heterocycles. The smallest absolute Gasteiger partial charge is 0.289 e. The molecule has 3 N–H and O–H groups in total. The van der Waals surface area contributed by atoms with Crippen molar-refractivity contribution in [3.8, 4) is 0 Å². The van der Waals surface area contributed by atoms with Gasteiger partial charge in [0.1, 0.15) is 6.04 Å². The molecule has 2 unspecified atom stereocenters. The zero-order valence-corrected chi connectivity index (χ0v) is 21.7. The molecule has 0 heterocycles. The van der Waals surface area contributed by atoms with Crippen LogP contribution in [0.25, 0.3) is 0 Å². The lowest BCUT2D eigenvalue weighted by Crippen LogP contribution is -2.56. The van der Waals surface area contributed by atoms with Gasteiger partial charge in [-0.15, -0.1) is 0 Å². The normalized spacial score (nSPS) is 12.6. The molecule has 1 aromatic carbocycles. The van der Waals surface area contributed by atoms with Gasteiger partial charge in [-0.25, -0.2) is 0 Å². The number of hydrogen-bond acceptors (Lipinski definition) is 5. The molecular weight excluding hydrogens is 448 g/mol. The number of amides is 4. The molecule has 1 aromatic rings. The second-order valence-corrected chi connectivity index (χ2v) is 9.59.